The van der Waals surface area contributed by atoms with Gasteiger partial charge in [0.25, 0.3) is 5.91 Å². The first-order valence-corrected chi connectivity index (χ1v) is 8.74. The van der Waals surface area contributed by atoms with E-state index in [9.17, 15) is 4.79 Å². The highest BCUT2D eigenvalue weighted by Gasteiger charge is 2.30. The first-order valence-electron chi connectivity index (χ1n) is 7.86. The standard InChI is InChI=1S/C17H21N3O2S/c1-3-8-18-17(21)15-9-20(10-16-12(2)19-11-23-16)13-6-4-5-7-14(13)22-15/h4-7,11,15H,3,8-10H2,1-2H3,(H,18,21)/t15-/m0/s1. The minimum Gasteiger partial charge on any atom is -0.477 e. The molecular weight excluding hydrogens is 310 g/mol. The lowest BCUT2D eigenvalue weighted by molar-refractivity contribution is -0.127. The molecule has 122 valence electrons. The van der Waals surface area contributed by atoms with Gasteiger partial charge in [0.2, 0.25) is 0 Å². The first-order chi connectivity index (χ1) is 11.2. The summed E-state index contributed by atoms with van der Waals surface area (Å²) in [5.74, 6) is 0.713. The number of nitrogens with zero attached hydrogens (tertiary/aromatic N) is 2. The molecule has 1 atom stereocenters. The summed E-state index contributed by atoms with van der Waals surface area (Å²) in [6.07, 6.45) is 0.434. The Morgan fingerprint density at radius 1 is 1.48 bits per heavy atom. The molecule has 2 aromatic rings. The average Bonchev–Trinajstić information content (AvgIpc) is 2.97. The van der Waals surface area contributed by atoms with Crippen LogP contribution in [0.3, 0.4) is 0 Å². The molecule has 1 N–H and O–H groups in total. The Morgan fingerprint density at radius 2 is 2.30 bits per heavy atom. The molecule has 0 radical (unpaired) electrons. The number of hydrogen-bond acceptors (Lipinski definition) is 5. The van der Waals surface area contributed by atoms with Crippen LogP contribution < -0.4 is 15.0 Å². The van der Waals surface area contributed by atoms with Crippen LogP contribution >= 0.6 is 11.3 Å². The van der Waals surface area contributed by atoms with Gasteiger partial charge < -0.3 is 15.0 Å². The zero-order valence-corrected chi connectivity index (χ0v) is 14.2. The maximum atomic E-state index is 12.3. The van der Waals surface area contributed by atoms with Crippen LogP contribution in [0.1, 0.15) is 23.9 Å². The predicted molar refractivity (Wildman–Crippen MR) is 92.1 cm³/mol. The fraction of sp³-hybridized carbons (Fsp3) is 0.412. The molecule has 23 heavy (non-hydrogen) atoms. The highest BCUT2D eigenvalue weighted by Crippen LogP contribution is 2.34. The van der Waals surface area contributed by atoms with Gasteiger partial charge in [0.15, 0.2) is 6.10 Å². The smallest absolute Gasteiger partial charge is 0.262 e. The van der Waals surface area contributed by atoms with Crippen molar-refractivity contribution in [1.29, 1.82) is 0 Å². The van der Waals surface area contributed by atoms with Crippen molar-refractivity contribution < 1.29 is 9.53 Å². The van der Waals surface area contributed by atoms with E-state index in [4.69, 9.17) is 4.74 Å². The van der Waals surface area contributed by atoms with Crippen molar-refractivity contribution in [3.63, 3.8) is 0 Å². The number of benzene rings is 1. The molecule has 3 rings (SSSR count). The van der Waals surface area contributed by atoms with E-state index in [2.05, 4.69) is 15.2 Å². The summed E-state index contributed by atoms with van der Waals surface area (Å²) in [7, 11) is 0. The van der Waals surface area contributed by atoms with Crippen LogP contribution in [0, 0.1) is 6.92 Å². The number of carbonyl (C=O) groups is 1. The third kappa shape index (κ3) is 3.47. The summed E-state index contributed by atoms with van der Waals surface area (Å²) >= 11 is 1.65. The molecule has 1 aliphatic heterocycles. The normalized spacial score (nSPS) is 16.6. The van der Waals surface area contributed by atoms with E-state index in [1.54, 1.807) is 11.3 Å². The van der Waals surface area contributed by atoms with Crippen molar-refractivity contribution in [2.24, 2.45) is 0 Å². The second-order valence-corrected chi connectivity index (χ2v) is 6.55. The van der Waals surface area contributed by atoms with Gasteiger partial charge in [-0.25, -0.2) is 4.98 Å². The lowest BCUT2D eigenvalue weighted by Crippen LogP contribution is -2.48. The van der Waals surface area contributed by atoms with E-state index in [-0.39, 0.29) is 5.91 Å². The molecule has 0 saturated heterocycles. The first kappa shape index (κ1) is 15.8. The highest BCUT2D eigenvalue weighted by molar-refractivity contribution is 7.09. The summed E-state index contributed by atoms with van der Waals surface area (Å²) in [6.45, 7) is 6.02. The fourth-order valence-electron chi connectivity index (χ4n) is 2.61. The van der Waals surface area contributed by atoms with Gasteiger partial charge in [-0.1, -0.05) is 19.1 Å². The van der Waals surface area contributed by atoms with E-state index >= 15 is 0 Å². The molecule has 5 nitrogen and oxygen atoms in total. The number of thiazole rings is 1. The SMILES string of the molecule is CCCNC(=O)[C@@H]1CN(Cc2scnc2C)c2ccccc2O1. The molecule has 1 aromatic heterocycles. The number of amides is 1. The summed E-state index contributed by atoms with van der Waals surface area (Å²) in [6, 6.07) is 7.88. The summed E-state index contributed by atoms with van der Waals surface area (Å²) in [4.78, 5) is 20.0. The Hall–Kier alpha value is -2.08. The van der Waals surface area contributed by atoms with E-state index in [0.717, 1.165) is 30.1 Å². The number of para-hydroxylation sites is 2. The minimum absolute atomic E-state index is 0.0487. The number of carbonyl (C=O) groups excluding carboxylic acids is 1. The number of aryl methyl sites for hydroxylation is 1. The summed E-state index contributed by atoms with van der Waals surface area (Å²) in [5.41, 5.74) is 3.94. The maximum absolute atomic E-state index is 12.3. The van der Waals surface area contributed by atoms with Crippen LogP contribution in [0.15, 0.2) is 29.8 Å². The largest absolute Gasteiger partial charge is 0.477 e. The van der Waals surface area contributed by atoms with Crippen LogP contribution in [0.4, 0.5) is 5.69 Å². The Balaban J connectivity index is 1.82. The van der Waals surface area contributed by atoms with Gasteiger partial charge in [0.05, 0.1) is 30.0 Å². The van der Waals surface area contributed by atoms with Gasteiger partial charge in [-0.15, -0.1) is 11.3 Å². The van der Waals surface area contributed by atoms with Gasteiger partial charge in [-0.05, 0) is 25.5 Å². The molecule has 1 amide bonds. The van der Waals surface area contributed by atoms with Crippen molar-refractivity contribution in [2.75, 3.05) is 18.0 Å². The van der Waals surface area contributed by atoms with Crippen molar-refractivity contribution >= 4 is 22.9 Å². The number of nitrogens with one attached hydrogen (secondary N) is 1. The van der Waals surface area contributed by atoms with Crippen LogP contribution in [-0.4, -0.2) is 30.1 Å². The van der Waals surface area contributed by atoms with Crippen molar-refractivity contribution in [2.45, 2.75) is 32.9 Å². The van der Waals surface area contributed by atoms with E-state index in [0.29, 0.717) is 13.1 Å². The lowest BCUT2D eigenvalue weighted by Gasteiger charge is -2.35. The van der Waals surface area contributed by atoms with Crippen molar-refractivity contribution in [1.82, 2.24) is 10.3 Å². The van der Waals surface area contributed by atoms with Gasteiger partial charge in [-0.2, -0.15) is 0 Å². The topological polar surface area (TPSA) is 54.5 Å². The Kier molecular flexibility index (Phi) is 4.81. The lowest BCUT2D eigenvalue weighted by atomic mass is 10.1. The van der Waals surface area contributed by atoms with Crippen LogP contribution in [0.5, 0.6) is 5.75 Å². The minimum atomic E-state index is -0.482. The Bertz CT molecular complexity index is 686. The van der Waals surface area contributed by atoms with E-state index in [1.807, 2.05) is 43.6 Å². The average molecular weight is 331 g/mol. The third-order valence-corrected chi connectivity index (χ3v) is 4.80. The zero-order valence-electron chi connectivity index (χ0n) is 13.4. The summed E-state index contributed by atoms with van der Waals surface area (Å²) in [5, 5.41) is 2.92. The Labute approximate surface area is 140 Å². The maximum Gasteiger partial charge on any atom is 0.262 e. The number of rotatable bonds is 5. The fourth-order valence-corrected chi connectivity index (χ4v) is 3.40. The number of anilines is 1. The van der Waals surface area contributed by atoms with Crippen LogP contribution in [0.2, 0.25) is 0 Å². The Morgan fingerprint density at radius 3 is 3.04 bits per heavy atom. The number of fused-ring (bicyclic) bond motifs is 1. The predicted octanol–water partition coefficient (Wildman–Crippen LogP) is 2.75. The molecule has 0 unspecified atom stereocenters. The monoisotopic (exact) mass is 331 g/mol. The molecule has 0 saturated carbocycles. The molecule has 0 spiro atoms. The third-order valence-electron chi connectivity index (χ3n) is 3.88. The van der Waals surface area contributed by atoms with Gasteiger partial charge in [0, 0.05) is 11.4 Å². The number of aromatic nitrogens is 1. The molecule has 0 bridgehead atoms. The summed E-state index contributed by atoms with van der Waals surface area (Å²) < 4.78 is 5.90. The van der Waals surface area contributed by atoms with Gasteiger partial charge in [0.1, 0.15) is 5.75 Å². The van der Waals surface area contributed by atoms with E-state index in [1.165, 1.54) is 4.88 Å². The number of ether oxygens (including phenoxy) is 1. The molecule has 1 aliphatic rings. The van der Waals surface area contributed by atoms with Crippen LogP contribution in [-0.2, 0) is 11.3 Å². The van der Waals surface area contributed by atoms with Gasteiger partial charge >= 0.3 is 0 Å². The molecular formula is C17H21N3O2S. The molecule has 1 aromatic carbocycles. The van der Waals surface area contributed by atoms with Gasteiger partial charge in [-0.3, -0.25) is 4.79 Å². The molecule has 2 heterocycles. The molecule has 6 heteroatoms. The van der Waals surface area contributed by atoms with Crippen LogP contribution in [0.25, 0.3) is 0 Å². The highest BCUT2D eigenvalue weighted by atomic mass is 32.1. The molecule has 0 aliphatic carbocycles. The number of hydrogen-bond donors (Lipinski definition) is 1. The second-order valence-electron chi connectivity index (χ2n) is 5.61. The zero-order chi connectivity index (χ0) is 16.2. The van der Waals surface area contributed by atoms with E-state index < -0.39 is 6.10 Å². The quantitative estimate of drug-likeness (QED) is 0.915. The van der Waals surface area contributed by atoms with Crippen molar-refractivity contribution in [3.05, 3.63) is 40.3 Å². The second kappa shape index (κ2) is 7.00. The molecule has 0 fully saturated rings. The van der Waals surface area contributed by atoms with Crippen molar-refractivity contribution in [3.8, 4) is 5.75 Å².